The molecule has 0 atom stereocenters. The van der Waals surface area contributed by atoms with Crippen LogP contribution in [0.5, 0.6) is 0 Å². The van der Waals surface area contributed by atoms with Crippen molar-refractivity contribution in [3.05, 3.63) is 35.4 Å². The van der Waals surface area contributed by atoms with Crippen LogP contribution in [0, 0.1) is 13.8 Å². The van der Waals surface area contributed by atoms with Crippen LogP contribution in [0.25, 0.3) is 16.9 Å². The van der Waals surface area contributed by atoms with Crippen molar-refractivity contribution in [1.29, 1.82) is 0 Å². The van der Waals surface area contributed by atoms with Gasteiger partial charge in [0.15, 0.2) is 11.3 Å². The van der Waals surface area contributed by atoms with E-state index in [2.05, 4.69) is 15.2 Å². The number of aromatic carboxylic acids is 1. The molecule has 0 spiro atoms. The Balaban J connectivity index is 2.34. The molecule has 3 heterocycles. The number of nitrogens with zero attached hydrogens (tertiary/aromatic N) is 5. The van der Waals surface area contributed by atoms with Gasteiger partial charge in [0.25, 0.3) is 0 Å². The lowest BCUT2D eigenvalue weighted by Gasteiger charge is -2.04. The molecule has 3 aromatic heterocycles. The molecular formula is C13H13N5O2. The number of carboxylic acids is 1. The van der Waals surface area contributed by atoms with E-state index in [1.165, 1.54) is 10.6 Å². The SMILES string of the molecule is Cc1nn(C)cc1-c1cc(C(=O)O)n2ncc(C)c2n1. The van der Waals surface area contributed by atoms with E-state index < -0.39 is 5.97 Å². The molecule has 7 heteroatoms. The molecule has 0 aliphatic heterocycles. The molecule has 0 fully saturated rings. The molecule has 0 aliphatic rings. The molecule has 20 heavy (non-hydrogen) atoms. The predicted molar refractivity (Wildman–Crippen MR) is 71.6 cm³/mol. The van der Waals surface area contributed by atoms with Gasteiger partial charge in [-0.05, 0) is 19.9 Å². The molecule has 7 nitrogen and oxygen atoms in total. The molecular weight excluding hydrogens is 258 g/mol. The lowest BCUT2D eigenvalue weighted by Crippen LogP contribution is -2.08. The number of carboxylic acid groups (broad SMARTS) is 1. The van der Waals surface area contributed by atoms with Crippen molar-refractivity contribution in [1.82, 2.24) is 24.4 Å². The van der Waals surface area contributed by atoms with Crippen LogP contribution in [-0.4, -0.2) is 35.5 Å². The monoisotopic (exact) mass is 271 g/mol. The molecule has 0 aromatic carbocycles. The second-order valence-electron chi connectivity index (χ2n) is 4.70. The third-order valence-electron chi connectivity index (χ3n) is 3.16. The van der Waals surface area contributed by atoms with Gasteiger partial charge >= 0.3 is 5.97 Å². The highest BCUT2D eigenvalue weighted by Crippen LogP contribution is 2.23. The number of hydrogen-bond acceptors (Lipinski definition) is 4. The van der Waals surface area contributed by atoms with Gasteiger partial charge in [0.1, 0.15) is 0 Å². The second kappa shape index (κ2) is 4.16. The average molecular weight is 271 g/mol. The molecule has 0 aliphatic carbocycles. The maximum Gasteiger partial charge on any atom is 0.354 e. The molecule has 0 radical (unpaired) electrons. The Labute approximate surface area is 114 Å². The fourth-order valence-corrected chi connectivity index (χ4v) is 2.21. The zero-order chi connectivity index (χ0) is 14.4. The Morgan fingerprint density at radius 2 is 2.10 bits per heavy atom. The van der Waals surface area contributed by atoms with Crippen molar-refractivity contribution in [2.45, 2.75) is 13.8 Å². The summed E-state index contributed by atoms with van der Waals surface area (Å²) in [5.74, 6) is -1.04. The molecule has 0 unspecified atom stereocenters. The normalized spacial score (nSPS) is 11.2. The van der Waals surface area contributed by atoms with Gasteiger partial charge in [0.2, 0.25) is 0 Å². The first-order valence-electron chi connectivity index (χ1n) is 6.06. The van der Waals surface area contributed by atoms with Crippen LogP contribution in [0.4, 0.5) is 0 Å². The van der Waals surface area contributed by atoms with Crippen molar-refractivity contribution in [2.24, 2.45) is 7.05 Å². The summed E-state index contributed by atoms with van der Waals surface area (Å²) >= 11 is 0. The first-order valence-corrected chi connectivity index (χ1v) is 6.06. The topological polar surface area (TPSA) is 85.3 Å². The summed E-state index contributed by atoms with van der Waals surface area (Å²) in [6, 6.07) is 1.52. The summed E-state index contributed by atoms with van der Waals surface area (Å²) in [7, 11) is 1.82. The fraction of sp³-hybridized carbons (Fsp3) is 0.231. The predicted octanol–water partition coefficient (Wildman–Crippen LogP) is 1.44. The second-order valence-corrected chi connectivity index (χ2v) is 4.70. The van der Waals surface area contributed by atoms with E-state index in [0.717, 1.165) is 16.8 Å². The van der Waals surface area contributed by atoms with E-state index in [1.807, 2.05) is 27.1 Å². The number of fused-ring (bicyclic) bond motifs is 1. The summed E-state index contributed by atoms with van der Waals surface area (Å²) in [4.78, 5) is 15.9. The zero-order valence-electron chi connectivity index (χ0n) is 11.3. The number of hydrogen-bond donors (Lipinski definition) is 1. The summed E-state index contributed by atoms with van der Waals surface area (Å²) in [5, 5.41) is 17.6. The van der Waals surface area contributed by atoms with Crippen LogP contribution in [0.15, 0.2) is 18.5 Å². The molecule has 0 saturated heterocycles. The van der Waals surface area contributed by atoms with E-state index in [9.17, 15) is 9.90 Å². The molecule has 0 saturated carbocycles. The van der Waals surface area contributed by atoms with Crippen molar-refractivity contribution in [2.75, 3.05) is 0 Å². The van der Waals surface area contributed by atoms with Gasteiger partial charge in [0.05, 0.1) is 17.6 Å². The zero-order valence-corrected chi connectivity index (χ0v) is 11.3. The maximum atomic E-state index is 11.4. The standard InChI is InChI=1S/C13H13N5O2/c1-7-5-14-18-11(13(19)20)4-10(15-12(7)18)9-6-17(3)16-8(9)2/h4-6H,1-3H3,(H,19,20). The Morgan fingerprint density at radius 3 is 2.70 bits per heavy atom. The summed E-state index contributed by atoms with van der Waals surface area (Å²) in [5.41, 5.74) is 3.67. The van der Waals surface area contributed by atoms with Gasteiger partial charge in [-0.3, -0.25) is 4.68 Å². The van der Waals surface area contributed by atoms with E-state index in [-0.39, 0.29) is 5.69 Å². The van der Waals surface area contributed by atoms with Crippen molar-refractivity contribution >= 4 is 11.6 Å². The van der Waals surface area contributed by atoms with E-state index >= 15 is 0 Å². The highest BCUT2D eigenvalue weighted by molar-refractivity contribution is 5.88. The van der Waals surface area contributed by atoms with Crippen LogP contribution in [0.3, 0.4) is 0 Å². The minimum Gasteiger partial charge on any atom is -0.477 e. The number of rotatable bonds is 2. The molecule has 3 rings (SSSR count). The van der Waals surface area contributed by atoms with Gasteiger partial charge in [0, 0.05) is 24.4 Å². The molecule has 0 amide bonds. The molecule has 3 aromatic rings. The van der Waals surface area contributed by atoms with E-state index in [4.69, 9.17) is 0 Å². The first kappa shape index (κ1) is 12.3. The maximum absolute atomic E-state index is 11.4. The summed E-state index contributed by atoms with van der Waals surface area (Å²) < 4.78 is 3.02. The number of carbonyl (C=O) groups is 1. The van der Waals surface area contributed by atoms with Gasteiger partial charge in [-0.15, -0.1) is 0 Å². The Morgan fingerprint density at radius 1 is 1.35 bits per heavy atom. The Hall–Kier alpha value is -2.70. The van der Waals surface area contributed by atoms with Crippen LogP contribution in [-0.2, 0) is 7.05 Å². The largest absolute Gasteiger partial charge is 0.477 e. The summed E-state index contributed by atoms with van der Waals surface area (Å²) in [6.45, 7) is 3.71. The van der Waals surface area contributed by atoms with E-state index in [0.29, 0.717) is 11.3 Å². The Kier molecular flexibility index (Phi) is 2.56. The lowest BCUT2D eigenvalue weighted by molar-refractivity contribution is 0.0687. The van der Waals surface area contributed by atoms with Crippen LogP contribution >= 0.6 is 0 Å². The molecule has 0 bridgehead atoms. The minimum absolute atomic E-state index is 0.0846. The van der Waals surface area contributed by atoms with Crippen molar-refractivity contribution in [3.63, 3.8) is 0 Å². The van der Waals surface area contributed by atoms with Crippen LogP contribution in [0.1, 0.15) is 21.7 Å². The lowest BCUT2D eigenvalue weighted by atomic mass is 10.1. The highest BCUT2D eigenvalue weighted by Gasteiger charge is 2.17. The first-order chi connectivity index (χ1) is 9.47. The highest BCUT2D eigenvalue weighted by atomic mass is 16.4. The van der Waals surface area contributed by atoms with Crippen LogP contribution in [0.2, 0.25) is 0 Å². The number of aromatic nitrogens is 5. The third-order valence-corrected chi connectivity index (χ3v) is 3.16. The van der Waals surface area contributed by atoms with Crippen LogP contribution < -0.4 is 0 Å². The van der Waals surface area contributed by atoms with Gasteiger partial charge < -0.3 is 5.11 Å². The number of aryl methyl sites for hydroxylation is 3. The summed E-state index contributed by atoms with van der Waals surface area (Å²) in [6.07, 6.45) is 3.43. The quantitative estimate of drug-likeness (QED) is 0.762. The fourth-order valence-electron chi connectivity index (χ4n) is 2.21. The molecule has 1 N–H and O–H groups in total. The smallest absolute Gasteiger partial charge is 0.354 e. The Bertz CT molecular complexity index is 831. The minimum atomic E-state index is -1.04. The van der Waals surface area contributed by atoms with Gasteiger partial charge in [-0.1, -0.05) is 0 Å². The average Bonchev–Trinajstić information content (AvgIpc) is 2.92. The van der Waals surface area contributed by atoms with Crippen molar-refractivity contribution < 1.29 is 9.90 Å². The molecule has 102 valence electrons. The van der Waals surface area contributed by atoms with Crippen molar-refractivity contribution in [3.8, 4) is 11.3 Å². The van der Waals surface area contributed by atoms with Gasteiger partial charge in [-0.2, -0.15) is 10.2 Å². The third kappa shape index (κ3) is 1.75. The van der Waals surface area contributed by atoms with Gasteiger partial charge in [-0.25, -0.2) is 14.3 Å². The van der Waals surface area contributed by atoms with E-state index in [1.54, 1.807) is 10.9 Å².